The summed E-state index contributed by atoms with van der Waals surface area (Å²) in [5.74, 6) is -8.27. The van der Waals surface area contributed by atoms with Crippen molar-refractivity contribution in [1.82, 2.24) is 9.97 Å². The standard InChI is InChI=1S/C8H9N3.3C2HF3O2/c9-4-7-3-6-5-10-2-1-8(6)11-7;3*3-2(4,5)1(6)7/h1-3,5,11H,4,9H2;3*(H,6,7). The molecule has 0 radical (unpaired) electrons. The van der Waals surface area contributed by atoms with Gasteiger partial charge in [0.05, 0.1) is 0 Å². The zero-order valence-corrected chi connectivity index (χ0v) is 15.0. The average Bonchev–Trinajstić information content (AvgIpc) is 3.04. The first kappa shape index (κ1) is 30.6. The number of H-pyrrole nitrogens is 1. The van der Waals surface area contributed by atoms with Gasteiger partial charge in [0.15, 0.2) is 0 Å². The van der Waals surface area contributed by atoms with E-state index in [1.807, 2.05) is 18.3 Å². The van der Waals surface area contributed by atoms with E-state index in [0.717, 1.165) is 16.6 Å². The molecule has 2 aromatic rings. The molecule has 18 heteroatoms. The first-order valence-corrected chi connectivity index (χ1v) is 7.25. The Morgan fingerprint density at radius 2 is 1.19 bits per heavy atom. The summed E-state index contributed by atoms with van der Waals surface area (Å²) in [5.41, 5.74) is 7.61. The molecule has 0 unspecified atom stereocenters. The zero-order chi connectivity index (χ0) is 25.9. The van der Waals surface area contributed by atoms with E-state index in [4.69, 9.17) is 35.4 Å². The molecule has 0 bridgehead atoms. The molecule has 0 aliphatic heterocycles. The van der Waals surface area contributed by atoms with Crippen LogP contribution in [0.4, 0.5) is 39.5 Å². The van der Waals surface area contributed by atoms with E-state index in [1.165, 1.54) is 0 Å². The van der Waals surface area contributed by atoms with Crippen LogP contribution < -0.4 is 5.73 Å². The summed E-state index contributed by atoms with van der Waals surface area (Å²) in [7, 11) is 0. The van der Waals surface area contributed by atoms with Crippen LogP contribution in [0.25, 0.3) is 10.9 Å². The summed E-state index contributed by atoms with van der Waals surface area (Å²) >= 11 is 0. The first-order chi connectivity index (χ1) is 14.2. The van der Waals surface area contributed by atoms with Crippen molar-refractivity contribution in [2.24, 2.45) is 5.73 Å². The van der Waals surface area contributed by atoms with Gasteiger partial charge in [0.2, 0.25) is 0 Å². The van der Waals surface area contributed by atoms with Gasteiger partial charge in [-0.25, -0.2) is 14.4 Å². The lowest BCUT2D eigenvalue weighted by atomic mass is 10.3. The Morgan fingerprint density at radius 1 is 0.844 bits per heavy atom. The second-order valence-electron chi connectivity index (χ2n) is 4.87. The number of aromatic amines is 1. The number of fused-ring (bicyclic) bond motifs is 1. The van der Waals surface area contributed by atoms with Crippen LogP contribution in [0.15, 0.2) is 24.5 Å². The number of nitrogens with one attached hydrogen (secondary N) is 1. The number of rotatable bonds is 1. The molecule has 6 N–H and O–H groups in total. The number of aromatic nitrogens is 2. The lowest BCUT2D eigenvalue weighted by Crippen LogP contribution is -2.21. The van der Waals surface area contributed by atoms with Crippen molar-refractivity contribution < 1.29 is 69.2 Å². The van der Waals surface area contributed by atoms with Crippen LogP contribution in [0.5, 0.6) is 0 Å². The number of hydrogen-bond acceptors (Lipinski definition) is 5. The Kier molecular flexibility index (Phi) is 11.8. The average molecular weight is 489 g/mol. The molecular weight excluding hydrogens is 477 g/mol. The molecule has 0 saturated heterocycles. The molecule has 9 nitrogen and oxygen atoms in total. The third kappa shape index (κ3) is 13.6. The molecule has 32 heavy (non-hydrogen) atoms. The largest absolute Gasteiger partial charge is 0.490 e. The van der Waals surface area contributed by atoms with Crippen LogP contribution in [0.2, 0.25) is 0 Å². The molecule has 2 rings (SSSR count). The minimum absolute atomic E-state index is 0.550. The van der Waals surface area contributed by atoms with Gasteiger partial charge in [0.25, 0.3) is 0 Å². The maximum absolute atomic E-state index is 10.6. The van der Waals surface area contributed by atoms with Crippen molar-refractivity contribution in [1.29, 1.82) is 0 Å². The summed E-state index contributed by atoms with van der Waals surface area (Å²) in [6.45, 7) is 0.550. The molecule has 0 aliphatic rings. The van der Waals surface area contributed by atoms with E-state index in [-0.39, 0.29) is 0 Å². The van der Waals surface area contributed by atoms with E-state index in [0.29, 0.717) is 6.54 Å². The molecule has 2 heterocycles. The van der Waals surface area contributed by atoms with Crippen molar-refractivity contribution >= 4 is 28.8 Å². The van der Waals surface area contributed by atoms with E-state index in [9.17, 15) is 39.5 Å². The minimum Gasteiger partial charge on any atom is -0.475 e. The summed E-state index contributed by atoms with van der Waals surface area (Å²) in [6, 6.07) is 3.96. The van der Waals surface area contributed by atoms with Crippen LogP contribution in [0, 0.1) is 0 Å². The molecule has 0 saturated carbocycles. The molecule has 2 aromatic heterocycles. The molecular formula is C14H12F9N3O6. The predicted octanol–water partition coefficient (Wildman–Crippen LogP) is 2.92. The molecule has 0 amide bonds. The molecule has 0 spiro atoms. The Bertz CT molecular complexity index is 800. The van der Waals surface area contributed by atoms with Crippen molar-refractivity contribution in [3.05, 3.63) is 30.2 Å². The smallest absolute Gasteiger partial charge is 0.475 e. The number of carboxylic acids is 3. The van der Waals surface area contributed by atoms with Crippen LogP contribution in [-0.2, 0) is 20.9 Å². The molecule has 0 aromatic carbocycles. The quantitative estimate of drug-likeness (QED) is 0.381. The number of nitrogens with zero attached hydrogens (tertiary/aromatic N) is 1. The number of nitrogens with two attached hydrogens (primary N) is 1. The maximum atomic E-state index is 10.6. The van der Waals surface area contributed by atoms with Gasteiger partial charge >= 0.3 is 36.4 Å². The second-order valence-corrected chi connectivity index (χ2v) is 4.87. The van der Waals surface area contributed by atoms with Crippen LogP contribution in [-0.4, -0.2) is 61.7 Å². The Balaban J connectivity index is 0. The third-order valence-corrected chi connectivity index (χ3v) is 2.42. The minimum atomic E-state index is -5.08. The van der Waals surface area contributed by atoms with Crippen molar-refractivity contribution in [2.75, 3.05) is 0 Å². The number of hydrogen-bond donors (Lipinski definition) is 5. The number of alkyl halides is 9. The number of carbonyl (C=O) groups is 3. The van der Waals surface area contributed by atoms with Crippen LogP contribution in [0.3, 0.4) is 0 Å². The maximum Gasteiger partial charge on any atom is 0.490 e. The van der Waals surface area contributed by atoms with Gasteiger partial charge in [0.1, 0.15) is 0 Å². The summed E-state index contributed by atoms with van der Waals surface area (Å²) in [6.07, 6.45) is -11.7. The summed E-state index contributed by atoms with van der Waals surface area (Å²) in [4.78, 5) is 33.9. The van der Waals surface area contributed by atoms with Gasteiger partial charge in [-0.15, -0.1) is 0 Å². The fourth-order valence-electron chi connectivity index (χ4n) is 1.14. The lowest BCUT2D eigenvalue weighted by molar-refractivity contribution is -0.193. The van der Waals surface area contributed by atoms with Gasteiger partial charge in [-0.3, -0.25) is 4.98 Å². The number of halogens is 9. The highest BCUT2D eigenvalue weighted by Gasteiger charge is 2.39. The Labute approximate surface area is 170 Å². The van der Waals surface area contributed by atoms with Crippen LogP contribution in [0.1, 0.15) is 5.69 Å². The van der Waals surface area contributed by atoms with Gasteiger partial charge in [-0.05, 0) is 12.1 Å². The molecule has 182 valence electrons. The predicted molar refractivity (Wildman–Crippen MR) is 85.1 cm³/mol. The van der Waals surface area contributed by atoms with Gasteiger partial charge in [0, 0.05) is 35.5 Å². The fraction of sp³-hybridized carbons (Fsp3) is 0.286. The van der Waals surface area contributed by atoms with Gasteiger partial charge in [-0.1, -0.05) is 0 Å². The normalized spacial score (nSPS) is 11.1. The van der Waals surface area contributed by atoms with Crippen molar-refractivity contribution in [3.63, 3.8) is 0 Å². The highest BCUT2D eigenvalue weighted by Crippen LogP contribution is 2.14. The SMILES string of the molecule is NCc1cc2cnccc2[nH]1.O=C(O)C(F)(F)F.O=C(O)C(F)(F)F.O=C(O)C(F)(F)F. The second kappa shape index (κ2) is 12.3. The summed E-state index contributed by atoms with van der Waals surface area (Å²) < 4.78 is 95.2. The Morgan fingerprint density at radius 3 is 1.44 bits per heavy atom. The highest BCUT2D eigenvalue weighted by atomic mass is 19.4. The van der Waals surface area contributed by atoms with E-state index in [1.54, 1.807) is 6.20 Å². The monoisotopic (exact) mass is 489 g/mol. The molecule has 0 fully saturated rings. The fourth-order valence-corrected chi connectivity index (χ4v) is 1.14. The van der Waals surface area contributed by atoms with Gasteiger partial charge < -0.3 is 26.0 Å². The third-order valence-electron chi connectivity index (χ3n) is 2.42. The van der Waals surface area contributed by atoms with E-state index in [2.05, 4.69) is 9.97 Å². The zero-order valence-electron chi connectivity index (χ0n) is 15.0. The molecule has 0 aliphatic carbocycles. The lowest BCUT2D eigenvalue weighted by Gasteiger charge is -1.93. The molecule has 0 atom stereocenters. The topological polar surface area (TPSA) is 167 Å². The Hall–Kier alpha value is -3.57. The highest BCUT2D eigenvalue weighted by molar-refractivity contribution is 5.79. The van der Waals surface area contributed by atoms with Crippen LogP contribution >= 0.6 is 0 Å². The van der Waals surface area contributed by atoms with Gasteiger partial charge in [-0.2, -0.15) is 39.5 Å². The van der Waals surface area contributed by atoms with E-state index >= 15 is 0 Å². The number of pyridine rings is 1. The van der Waals surface area contributed by atoms with Crippen molar-refractivity contribution in [2.45, 2.75) is 25.1 Å². The summed E-state index contributed by atoms with van der Waals surface area (Å²) in [5, 5.41) is 22.5. The first-order valence-electron chi connectivity index (χ1n) is 7.25. The number of aliphatic carboxylic acids is 3. The van der Waals surface area contributed by atoms with E-state index < -0.39 is 36.4 Å². The van der Waals surface area contributed by atoms with Crippen molar-refractivity contribution in [3.8, 4) is 0 Å². The number of carboxylic acid groups (broad SMARTS) is 3.